The molecular weight excluding hydrogens is 382 g/mol. The first kappa shape index (κ1) is 19.9. The second-order valence-electron chi connectivity index (χ2n) is 7.95. The van der Waals surface area contributed by atoms with Crippen LogP contribution in [0.25, 0.3) is 0 Å². The van der Waals surface area contributed by atoms with Gasteiger partial charge in [0.25, 0.3) is 0 Å². The van der Waals surface area contributed by atoms with Gasteiger partial charge in [0.05, 0.1) is 6.54 Å². The number of cyclic esters (lactones) is 1. The molecule has 1 saturated carbocycles. The van der Waals surface area contributed by atoms with Gasteiger partial charge in [-0.25, -0.2) is 4.79 Å². The molecule has 1 heterocycles. The Balaban J connectivity index is 1.60. The smallest absolute Gasteiger partial charge is 0.411 e. The topological polar surface area (TPSA) is 87.7 Å². The van der Waals surface area contributed by atoms with Crippen LogP contribution in [0.1, 0.15) is 42.6 Å². The van der Waals surface area contributed by atoms with Crippen LogP contribution in [0, 0.1) is 6.92 Å². The lowest BCUT2D eigenvalue weighted by Crippen LogP contribution is -2.46. The lowest BCUT2D eigenvalue weighted by atomic mass is 10.00. The standard InChI is InChI=1S/C23H25N3O4/c1-14-4-3-5-16(12-14)13-26-20(22(28)25-19-10-11-19)21(30-23(26)29)17-6-8-18(9-7-17)24-15(2)27/h3-9,12,19-21H,10-11,13H2,1-2H3,(H,24,27)(H,25,28). The second kappa shape index (κ2) is 8.18. The van der Waals surface area contributed by atoms with Gasteiger partial charge in [0.2, 0.25) is 11.8 Å². The molecule has 2 aromatic carbocycles. The summed E-state index contributed by atoms with van der Waals surface area (Å²) in [7, 11) is 0. The summed E-state index contributed by atoms with van der Waals surface area (Å²) in [5.74, 6) is -0.368. The Labute approximate surface area is 175 Å². The van der Waals surface area contributed by atoms with Gasteiger partial charge in [0, 0.05) is 18.7 Å². The van der Waals surface area contributed by atoms with Crippen molar-refractivity contribution >= 4 is 23.6 Å². The summed E-state index contributed by atoms with van der Waals surface area (Å²) in [5.41, 5.74) is 3.38. The van der Waals surface area contributed by atoms with Crippen LogP contribution in [0.3, 0.4) is 0 Å². The minimum absolute atomic E-state index is 0.166. The summed E-state index contributed by atoms with van der Waals surface area (Å²) in [4.78, 5) is 38.6. The fourth-order valence-corrected chi connectivity index (χ4v) is 3.69. The zero-order valence-electron chi connectivity index (χ0n) is 17.1. The minimum Gasteiger partial charge on any atom is -0.438 e. The number of nitrogens with one attached hydrogen (secondary N) is 2. The van der Waals surface area contributed by atoms with Crippen LogP contribution in [0.4, 0.5) is 10.5 Å². The van der Waals surface area contributed by atoms with Crippen LogP contribution >= 0.6 is 0 Å². The van der Waals surface area contributed by atoms with E-state index in [0.717, 1.165) is 24.0 Å². The molecule has 1 aliphatic carbocycles. The van der Waals surface area contributed by atoms with Crippen LogP contribution in [0.15, 0.2) is 48.5 Å². The van der Waals surface area contributed by atoms with Gasteiger partial charge < -0.3 is 15.4 Å². The number of aryl methyl sites for hydroxylation is 1. The van der Waals surface area contributed by atoms with Gasteiger partial charge in [-0.15, -0.1) is 0 Å². The molecule has 2 aromatic rings. The van der Waals surface area contributed by atoms with Gasteiger partial charge in [0.1, 0.15) is 0 Å². The van der Waals surface area contributed by atoms with Gasteiger partial charge in [0.15, 0.2) is 12.1 Å². The zero-order chi connectivity index (χ0) is 21.3. The number of nitrogens with zero attached hydrogens (tertiary/aromatic N) is 1. The predicted molar refractivity (Wildman–Crippen MR) is 112 cm³/mol. The van der Waals surface area contributed by atoms with Crippen LogP contribution in [0.5, 0.6) is 0 Å². The summed E-state index contributed by atoms with van der Waals surface area (Å²) >= 11 is 0. The largest absolute Gasteiger partial charge is 0.438 e. The first-order chi connectivity index (χ1) is 14.4. The molecule has 1 aliphatic heterocycles. The van der Waals surface area contributed by atoms with Crippen LogP contribution in [-0.2, 0) is 20.9 Å². The van der Waals surface area contributed by atoms with E-state index in [-0.39, 0.29) is 17.9 Å². The monoisotopic (exact) mass is 407 g/mol. The summed E-state index contributed by atoms with van der Waals surface area (Å²) in [6.45, 7) is 3.72. The molecular formula is C23H25N3O4. The fourth-order valence-electron chi connectivity index (χ4n) is 3.69. The number of carbonyl (C=O) groups excluding carboxylic acids is 3. The molecule has 0 bridgehead atoms. The molecule has 2 aliphatic rings. The maximum absolute atomic E-state index is 13.1. The third kappa shape index (κ3) is 4.45. The van der Waals surface area contributed by atoms with Crippen molar-refractivity contribution in [2.24, 2.45) is 0 Å². The molecule has 0 aromatic heterocycles. The Kier molecular flexibility index (Phi) is 5.44. The average Bonchev–Trinajstić information content (AvgIpc) is 3.44. The Bertz CT molecular complexity index is 969. The minimum atomic E-state index is -0.759. The molecule has 2 N–H and O–H groups in total. The van der Waals surface area contributed by atoms with E-state index in [4.69, 9.17) is 4.74 Å². The number of anilines is 1. The Morgan fingerprint density at radius 3 is 2.50 bits per heavy atom. The van der Waals surface area contributed by atoms with Crippen LogP contribution < -0.4 is 10.6 Å². The van der Waals surface area contributed by atoms with E-state index >= 15 is 0 Å². The van der Waals surface area contributed by atoms with Crippen LogP contribution in [-0.4, -0.2) is 34.9 Å². The number of ether oxygens (including phenoxy) is 1. The van der Waals surface area contributed by atoms with E-state index in [1.807, 2.05) is 31.2 Å². The van der Waals surface area contributed by atoms with Crippen LogP contribution in [0.2, 0.25) is 0 Å². The van der Waals surface area contributed by atoms with E-state index in [1.165, 1.54) is 11.8 Å². The normalized spacial score (nSPS) is 20.6. The zero-order valence-corrected chi connectivity index (χ0v) is 17.1. The van der Waals surface area contributed by atoms with E-state index in [1.54, 1.807) is 24.3 Å². The number of benzene rings is 2. The van der Waals surface area contributed by atoms with E-state index in [0.29, 0.717) is 17.8 Å². The van der Waals surface area contributed by atoms with E-state index in [2.05, 4.69) is 10.6 Å². The Hall–Kier alpha value is -3.35. The highest BCUT2D eigenvalue weighted by atomic mass is 16.6. The number of rotatable bonds is 6. The molecule has 7 nitrogen and oxygen atoms in total. The summed E-state index contributed by atoms with van der Waals surface area (Å²) in [6.07, 6.45) is 0.693. The van der Waals surface area contributed by atoms with E-state index in [9.17, 15) is 14.4 Å². The van der Waals surface area contributed by atoms with Gasteiger partial charge in [-0.05, 0) is 43.0 Å². The van der Waals surface area contributed by atoms with Crippen molar-refractivity contribution in [1.29, 1.82) is 0 Å². The molecule has 0 spiro atoms. The average molecular weight is 407 g/mol. The van der Waals surface area contributed by atoms with Gasteiger partial charge >= 0.3 is 6.09 Å². The number of carbonyl (C=O) groups is 3. The molecule has 156 valence electrons. The highest BCUT2D eigenvalue weighted by Crippen LogP contribution is 2.35. The summed E-state index contributed by atoms with van der Waals surface area (Å²) in [5, 5.41) is 5.72. The fraction of sp³-hybridized carbons (Fsp3) is 0.348. The van der Waals surface area contributed by atoms with Crippen molar-refractivity contribution in [3.8, 4) is 0 Å². The molecule has 4 rings (SSSR count). The lowest BCUT2D eigenvalue weighted by molar-refractivity contribution is -0.126. The second-order valence-corrected chi connectivity index (χ2v) is 7.95. The highest BCUT2D eigenvalue weighted by Gasteiger charge is 2.47. The maximum atomic E-state index is 13.1. The summed E-state index contributed by atoms with van der Waals surface area (Å²) in [6, 6.07) is 14.3. The molecule has 0 radical (unpaired) electrons. The lowest BCUT2D eigenvalue weighted by Gasteiger charge is -2.24. The van der Waals surface area contributed by atoms with Gasteiger partial charge in [-0.1, -0.05) is 42.0 Å². The molecule has 2 atom stereocenters. The van der Waals surface area contributed by atoms with Gasteiger partial charge in [-0.2, -0.15) is 0 Å². The van der Waals surface area contributed by atoms with E-state index < -0.39 is 18.2 Å². The quantitative estimate of drug-likeness (QED) is 0.769. The molecule has 7 heteroatoms. The van der Waals surface area contributed by atoms with Gasteiger partial charge in [-0.3, -0.25) is 14.5 Å². The number of amides is 3. The van der Waals surface area contributed by atoms with Crippen molar-refractivity contribution < 1.29 is 19.1 Å². The van der Waals surface area contributed by atoms with Crippen molar-refractivity contribution in [2.75, 3.05) is 5.32 Å². The number of hydrogen-bond acceptors (Lipinski definition) is 4. The van der Waals surface area contributed by atoms with Crippen molar-refractivity contribution in [3.05, 3.63) is 65.2 Å². The third-order valence-electron chi connectivity index (χ3n) is 5.27. The Morgan fingerprint density at radius 2 is 1.87 bits per heavy atom. The first-order valence-electron chi connectivity index (χ1n) is 10.1. The summed E-state index contributed by atoms with van der Waals surface area (Å²) < 4.78 is 5.66. The maximum Gasteiger partial charge on any atom is 0.411 e. The number of hydrogen-bond donors (Lipinski definition) is 2. The molecule has 2 unspecified atom stereocenters. The van der Waals surface area contributed by atoms with Crippen molar-refractivity contribution in [1.82, 2.24) is 10.2 Å². The first-order valence-corrected chi connectivity index (χ1v) is 10.1. The molecule has 3 amide bonds. The van der Waals surface area contributed by atoms with Crippen molar-refractivity contribution in [3.63, 3.8) is 0 Å². The highest BCUT2D eigenvalue weighted by molar-refractivity contribution is 5.90. The van der Waals surface area contributed by atoms with Crippen molar-refractivity contribution in [2.45, 2.75) is 51.4 Å². The molecule has 30 heavy (non-hydrogen) atoms. The molecule has 1 saturated heterocycles. The Morgan fingerprint density at radius 1 is 1.13 bits per heavy atom. The molecule has 2 fully saturated rings. The SMILES string of the molecule is CC(=O)Nc1ccc(C2OC(=O)N(Cc3cccc(C)c3)C2C(=O)NC2CC2)cc1. The predicted octanol–water partition coefficient (Wildman–Crippen LogP) is 3.29. The third-order valence-corrected chi connectivity index (χ3v) is 5.27.